The Kier molecular flexibility index (Phi) is 6.93. The number of benzene rings is 2. The first kappa shape index (κ1) is 23.4. The van der Waals surface area contributed by atoms with Gasteiger partial charge in [-0.15, -0.1) is 0 Å². The van der Waals surface area contributed by atoms with Crippen LogP contribution < -0.4 is 4.74 Å². The molecule has 0 spiro atoms. The molecule has 0 saturated heterocycles. The fraction of sp³-hybridized carbons (Fsp3) is 0.296. The van der Waals surface area contributed by atoms with Gasteiger partial charge in [-0.25, -0.2) is 14.8 Å². The SMILES string of the molecule is COc1ccc(-c2c(-c3ccccc3)oc3ncnc(CCC(C)(C)COCC(=O)O)c23)cc1. The molecule has 0 aliphatic carbocycles. The number of carboxylic acid groups (broad SMARTS) is 1. The summed E-state index contributed by atoms with van der Waals surface area (Å²) in [5, 5.41) is 9.73. The molecule has 2 aromatic heterocycles. The predicted molar refractivity (Wildman–Crippen MR) is 130 cm³/mol. The highest BCUT2D eigenvalue weighted by molar-refractivity contribution is 6.01. The van der Waals surface area contributed by atoms with Crippen LogP contribution in [-0.4, -0.2) is 41.4 Å². The Morgan fingerprint density at radius 3 is 2.44 bits per heavy atom. The molecule has 7 nitrogen and oxygen atoms in total. The van der Waals surface area contributed by atoms with Crippen LogP contribution in [0.15, 0.2) is 65.3 Å². The molecule has 7 heteroatoms. The van der Waals surface area contributed by atoms with Gasteiger partial charge in [0.2, 0.25) is 5.71 Å². The minimum atomic E-state index is -0.968. The molecule has 0 aliphatic heterocycles. The van der Waals surface area contributed by atoms with Crippen molar-refractivity contribution >= 4 is 17.1 Å². The smallest absolute Gasteiger partial charge is 0.329 e. The Hall–Kier alpha value is -3.71. The van der Waals surface area contributed by atoms with E-state index in [4.69, 9.17) is 19.0 Å². The lowest BCUT2D eigenvalue weighted by molar-refractivity contribution is -0.143. The number of aryl methyl sites for hydroxylation is 1. The summed E-state index contributed by atoms with van der Waals surface area (Å²) in [6, 6.07) is 17.8. The topological polar surface area (TPSA) is 94.7 Å². The van der Waals surface area contributed by atoms with Crippen LogP contribution in [0.4, 0.5) is 0 Å². The highest BCUT2D eigenvalue weighted by atomic mass is 16.5. The fourth-order valence-corrected chi connectivity index (χ4v) is 3.95. The third kappa shape index (κ3) is 5.26. The van der Waals surface area contributed by atoms with Gasteiger partial charge in [0, 0.05) is 11.1 Å². The second kappa shape index (κ2) is 10.1. The molecule has 0 aliphatic rings. The van der Waals surface area contributed by atoms with Gasteiger partial charge < -0.3 is 19.0 Å². The van der Waals surface area contributed by atoms with Crippen LogP contribution in [0, 0.1) is 5.41 Å². The Bertz CT molecular complexity index is 1260. The molecule has 0 unspecified atom stereocenters. The minimum absolute atomic E-state index is 0.223. The van der Waals surface area contributed by atoms with E-state index < -0.39 is 5.97 Å². The molecule has 4 aromatic rings. The van der Waals surface area contributed by atoms with Gasteiger partial charge in [-0.1, -0.05) is 56.3 Å². The summed E-state index contributed by atoms with van der Waals surface area (Å²) in [5.74, 6) is 0.549. The number of carbonyl (C=O) groups is 1. The van der Waals surface area contributed by atoms with E-state index >= 15 is 0 Å². The van der Waals surface area contributed by atoms with E-state index in [1.54, 1.807) is 7.11 Å². The van der Waals surface area contributed by atoms with Crippen molar-refractivity contribution in [2.75, 3.05) is 20.3 Å². The molecule has 34 heavy (non-hydrogen) atoms. The summed E-state index contributed by atoms with van der Waals surface area (Å²) in [5.41, 5.74) is 4.08. The molecule has 0 saturated carbocycles. The number of fused-ring (bicyclic) bond motifs is 1. The number of methoxy groups -OCH3 is 1. The molecule has 0 radical (unpaired) electrons. The lowest BCUT2D eigenvalue weighted by Crippen LogP contribution is -2.22. The monoisotopic (exact) mass is 460 g/mol. The zero-order chi connectivity index (χ0) is 24.1. The largest absolute Gasteiger partial charge is 0.497 e. The maximum absolute atomic E-state index is 10.8. The molecular formula is C27H28N2O5. The normalized spacial score (nSPS) is 11.6. The number of hydrogen-bond acceptors (Lipinski definition) is 6. The Balaban J connectivity index is 1.75. The Morgan fingerprint density at radius 2 is 1.76 bits per heavy atom. The average molecular weight is 461 g/mol. The van der Waals surface area contributed by atoms with E-state index in [-0.39, 0.29) is 12.0 Å². The molecule has 0 bridgehead atoms. The molecular weight excluding hydrogens is 432 g/mol. The molecule has 0 fully saturated rings. The second-order valence-electron chi connectivity index (χ2n) is 8.95. The van der Waals surface area contributed by atoms with Crippen LogP contribution in [0.25, 0.3) is 33.6 Å². The summed E-state index contributed by atoms with van der Waals surface area (Å²) in [6.45, 7) is 4.16. The minimum Gasteiger partial charge on any atom is -0.497 e. The second-order valence-corrected chi connectivity index (χ2v) is 8.95. The van der Waals surface area contributed by atoms with Crippen molar-refractivity contribution < 1.29 is 23.8 Å². The number of aromatic nitrogens is 2. The Labute approximate surface area is 198 Å². The van der Waals surface area contributed by atoms with Gasteiger partial charge in [0.1, 0.15) is 24.4 Å². The number of rotatable bonds is 10. The van der Waals surface area contributed by atoms with Crippen molar-refractivity contribution in [2.24, 2.45) is 5.41 Å². The van der Waals surface area contributed by atoms with Crippen molar-refractivity contribution in [2.45, 2.75) is 26.7 Å². The van der Waals surface area contributed by atoms with Gasteiger partial charge in [0.15, 0.2) is 0 Å². The quantitative estimate of drug-likeness (QED) is 0.328. The summed E-state index contributed by atoms with van der Waals surface area (Å²) in [6.07, 6.45) is 2.95. The molecule has 4 rings (SSSR count). The number of hydrogen-bond donors (Lipinski definition) is 1. The van der Waals surface area contributed by atoms with Crippen molar-refractivity contribution in [3.8, 4) is 28.2 Å². The van der Waals surface area contributed by atoms with Gasteiger partial charge in [-0.05, 0) is 36.0 Å². The third-order valence-electron chi connectivity index (χ3n) is 5.74. The van der Waals surface area contributed by atoms with Gasteiger partial charge in [0.25, 0.3) is 0 Å². The van der Waals surface area contributed by atoms with Gasteiger partial charge >= 0.3 is 5.97 Å². The van der Waals surface area contributed by atoms with E-state index in [0.717, 1.165) is 45.7 Å². The zero-order valence-electron chi connectivity index (χ0n) is 19.6. The lowest BCUT2D eigenvalue weighted by atomic mass is 9.87. The molecule has 0 atom stereocenters. The molecule has 176 valence electrons. The standard InChI is InChI=1S/C27H28N2O5/c1-27(2,16-33-15-22(30)31)14-13-21-24-23(18-9-11-20(32-3)12-10-18)25(19-7-5-4-6-8-19)34-26(24)29-17-28-21/h4-12,17H,13-16H2,1-3H3,(H,30,31). The Morgan fingerprint density at radius 1 is 1.03 bits per heavy atom. The molecule has 2 aromatic carbocycles. The van der Waals surface area contributed by atoms with Crippen LogP contribution in [-0.2, 0) is 16.0 Å². The highest BCUT2D eigenvalue weighted by Crippen LogP contribution is 2.42. The van der Waals surface area contributed by atoms with Crippen molar-refractivity contribution in [1.29, 1.82) is 0 Å². The molecule has 1 N–H and O–H groups in total. The summed E-state index contributed by atoms with van der Waals surface area (Å²) >= 11 is 0. The van der Waals surface area contributed by atoms with Crippen molar-refractivity contribution in [3.05, 3.63) is 66.6 Å². The van der Waals surface area contributed by atoms with E-state index in [0.29, 0.717) is 18.7 Å². The first-order chi connectivity index (χ1) is 16.4. The number of aliphatic carboxylic acids is 1. The van der Waals surface area contributed by atoms with Gasteiger partial charge in [0.05, 0.1) is 24.8 Å². The number of nitrogens with zero attached hydrogens (tertiary/aromatic N) is 2. The number of ether oxygens (including phenoxy) is 2. The zero-order valence-corrected chi connectivity index (χ0v) is 19.6. The third-order valence-corrected chi connectivity index (χ3v) is 5.74. The van der Waals surface area contributed by atoms with Crippen LogP contribution in [0.1, 0.15) is 26.0 Å². The highest BCUT2D eigenvalue weighted by Gasteiger charge is 2.24. The van der Waals surface area contributed by atoms with E-state index in [1.807, 2.05) is 54.6 Å². The van der Waals surface area contributed by atoms with E-state index in [1.165, 1.54) is 6.33 Å². The maximum Gasteiger partial charge on any atom is 0.329 e. The summed E-state index contributed by atoms with van der Waals surface area (Å²) in [7, 11) is 1.64. The first-order valence-electron chi connectivity index (χ1n) is 11.1. The van der Waals surface area contributed by atoms with Crippen LogP contribution in [0.2, 0.25) is 0 Å². The summed E-state index contributed by atoms with van der Waals surface area (Å²) < 4.78 is 17.0. The van der Waals surface area contributed by atoms with Crippen LogP contribution in [0.3, 0.4) is 0 Å². The molecule has 0 amide bonds. The number of carboxylic acids is 1. The molecule has 2 heterocycles. The van der Waals surface area contributed by atoms with Crippen molar-refractivity contribution in [1.82, 2.24) is 9.97 Å². The summed E-state index contributed by atoms with van der Waals surface area (Å²) in [4.78, 5) is 19.8. The van der Waals surface area contributed by atoms with Gasteiger partial charge in [-0.2, -0.15) is 0 Å². The lowest BCUT2D eigenvalue weighted by Gasteiger charge is -2.24. The number of furan rings is 1. The fourth-order valence-electron chi connectivity index (χ4n) is 3.95. The van der Waals surface area contributed by atoms with E-state index in [2.05, 4.69) is 23.8 Å². The maximum atomic E-state index is 10.8. The predicted octanol–water partition coefficient (Wildman–Crippen LogP) is 5.63. The van der Waals surface area contributed by atoms with Crippen molar-refractivity contribution in [3.63, 3.8) is 0 Å². The van der Waals surface area contributed by atoms with Crippen LogP contribution >= 0.6 is 0 Å². The van der Waals surface area contributed by atoms with Crippen LogP contribution in [0.5, 0.6) is 5.75 Å². The average Bonchev–Trinajstić information content (AvgIpc) is 3.23. The first-order valence-corrected chi connectivity index (χ1v) is 11.1. The van der Waals surface area contributed by atoms with E-state index in [9.17, 15) is 4.79 Å². The van der Waals surface area contributed by atoms with Gasteiger partial charge in [-0.3, -0.25) is 0 Å².